The summed E-state index contributed by atoms with van der Waals surface area (Å²) in [4.78, 5) is 12.6. The molecule has 1 rings (SSSR count). The minimum absolute atomic E-state index is 0.0194. The summed E-state index contributed by atoms with van der Waals surface area (Å²) >= 11 is 0. The molecule has 0 aromatic rings. The van der Waals surface area contributed by atoms with Crippen molar-refractivity contribution >= 4 is 5.97 Å². The summed E-state index contributed by atoms with van der Waals surface area (Å²) in [6.45, 7) is 2.45. The number of aliphatic carboxylic acids is 1. The van der Waals surface area contributed by atoms with E-state index in [0.717, 1.165) is 0 Å². The zero-order valence-electron chi connectivity index (χ0n) is 7.40. The lowest BCUT2D eigenvalue weighted by atomic mass is 9.89. The summed E-state index contributed by atoms with van der Waals surface area (Å²) in [5.74, 6) is -1.24. The number of aliphatic hydroxyl groups excluding tert-OH is 1. The first kappa shape index (κ1) is 9.48. The van der Waals surface area contributed by atoms with E-state index in [1.165, 1.54) is 0 Å². The molecular weight excluding hydrogens is 158 g/mol. The number of rotatable bonds is 1. The van der Waals surface area contributed by atoms with E-state index in [0.29, 0.717) is 13.0 Å². The van der Waals surface area contributed by atoms with Crippen LogP contribution in [-0.4, -0.2) is 46.8 Å². The first-order valence-electron chi connectivity index (χ1n) is 4.13. The van der Waals surface area contributed by atoms with Crippen LogP contribution in [0, 0.1) is 5.92 Å². The van der Waals surface area contributed by atoms with Gasteiger partial charge in [-0.2, -0.15) is 0 Å². The molecule has 0 spiro atoms. The van der Waals surface area contributed by atoms with Crippen molar-refractivity contribution in [2.24, 2.45) is 5.92 Å². The quantitative estimate of drug-likeness (QED) is 0.575. The summed E-state index contributed by atoms with van der Waals surface area (Å²) in [5, 5.41) is 18.1. The maximum Gasteiger partial charge on any atom is 0.308 e. The van der Waals surface area contributed by atoms with Crippen LogP contribution < -0.4 is 0 Å². The molecule has 3 unspecified atom stereocenters. The Morgan fingerprint density at radius 1 is 1.58 bits per heavy atom. The second kappa shape index (κ2) is 3.41. The number of hydrogen-bond acceptors (Lipinski definition) is 3. The van der Waals surface area contributed by atoms with Gasteiger partial charge in [0, 0.05) is 12.6 Å². The Balaban J connectivity index is 2.66. The summed E-state index contributed by atoms with van der Waals surface area (Å²) in [5.41, 5.74) is 0. The fraction of sp³-hybridized carbons (Fsp3) is 0.875. The minimum Gasteiger partial charge on any atom is -0.481 e. The average molecular weight is 173 g/mol. The number of β-amino-alcohol motifs (C(OH)–C–C–N with tert-alkyl or cyclic N) is 1. The number of carboxylic acids is 1. The van der Waals surface area contributed by atoms with Crippen LogP contribution in [0.3, 0.4) is 0 Å². The van der Waals surface area contributed by atoms with Crippen LogP contribution in [0.5, 0.6) is 0 Å². The van der Waals surface area contributed by atoms with Crippen molar-refractivity contribution in [3.05, 3.63) is 0 Å². The molecule has 1 fully saturated rings. The summed E-state index contributed by atoms with van der Waals surface area (Å²) in [6.07, 6.45) is -0.117. The van der Waals surface area contributed by atoms with Gasteiger partial charge in [0.05, 0.1) is 12.0 Å². The van der Waals surface area contributed by atoms with Crippen molar-refractivity contribution in [2.75, 3.05) is 13.6 Å². The van der Waals surface area contributed by atoms with Crippen LogP contribution in [0.15, 0.2) is 0 Å². The van der Waals surface area contributed by atoms with E-state index in [1.54, 1.807) is 0 Å². The molecule has 1 heterocycles. The third-order valence-electron chi connectivity index (χ3n) is 2.62. The van der Waals surface area contributed by atoms with Crippen molar-refractivity contribution in [1.29, 1.82) is 0 Å². The zero-order chi connectivity index (χ0) is 9.30. The topological polar surface area (TPSA) is 60.8 Å². The molecular formula is C8H15NO3. The molecule has 1 aliphatic rings. The van der Waals surface area contributed by atoms with Gasteiger partial charge in [0.2, 0.25) is 0 Å². The standard InChI is InChI=1S/C8H15NO3/c1-5-7(8(11)12)3-6(10)4-9(5)2/h5-7,10H,3-4H2,1-2H3,(H,11,12). The van der Waals surface area contributed by atoms with Gasteiger partial charge in [0.25, 0.3) is 0 Å². The van der Waals surface area contributed by atoms with Gasteiger partial charge in [-0.15, -0.1) is 0 Å². The molecule has 0 radical (unpaired) electrons. The summed E-state index contributed by atoms with van der Waals surface area (Å²) in [7, 11) is 1.84. The molecule has 70 valence electrons. The zero-order valence-corrected chi connectivity index (χ0v) is 7.40. The number of piperidine rings is 1. The molecule has 4 heteroatoms. The molecule has 12 heavy (non-hydrogen) atoms. The molecule has 0 saturated carbocycles. The second-order valence-electron chi connectivity index (χ2n) is 3.51. The van der Waals surface area contributed by atoms with Gasteiger partial charge in [-0.25, -0.2) is 0 Å². The van der Waals surface area contributed by atoms with Crippen molar-refractivity contribution in [2.45, 2.75) is 25.5 Å². The molecule has 0 bridgehead atoms. The third kappa shape index (κ3) is 1.76. The van der Waals surface area contributed by atoms with Crippen LogP contribution in [0.2, 0.25) is 0 Å². The molecule has 0 aliphatic carbocycles. The highest BCUT2D eigenvalue weighted by atomic mass is 16.4. The highest BCUT2D eigenvalue weighted by molar-refractivity contribution is 5.71. The lowest BCUT2D eigenvalue weighted by molar-refractivity contribution is -0.147. The predicted octanol–water partition coefficient (Wildman–Crippen LogP) is -0.228. The van der Waals surface area contributed by atoms with Crippen LogP contribution >= 0.6 is 0 Å². The molecule has 1 aliphatic heterocycles. The number of likely N-dealkylation sites (tertiary alicyclic amines) is 1. The molecule has 1 saturated heterocycles. The summed E-state index contributed by atoms with van der Waals surface area (Å²) < 4.78 is 0. The van der Waals surface area contributed by atoms with Crippen molar-refractivity contribution in [3.8, 4) is 0 Å². The van der Waals surface area contributed by atoms with E-state index in [9.17, 15) is 9.90 Å². The van der Waals surface area contributed by atoms with Crippen molar-refractivity contribution in [3.63, 3.8) is 0 Å². The SMILES string of the molecule is CC1C(C(=O)O)CC(O)CN1C. The second-order valence-corrected chi connectivity index (χ2v) is 3.51. The lowest BCUT2D eigenvalue weighted by Gasteiger charge is -2.37. The van der Waals surface area contributed by atoms with Gasteiger partial charge < -0.3 is 15.1 Å². The first-order chi connectivity index (χ1) is 5.52. The van der Waals surface area contributed by atoms with E-state index in [1.807, 2.05) is 18.9 Å². The number of likely N-dealkylation sites (N-methyl/N-ethyl adjacent to an activating group) is 1. The van der Waals surface area contributed by atoms with Crippen molar-refractivity contribution < 1.29 is 15.0 Å². The number of carbonyl (C=O) groups is 1. The van der Waals surface area contributed by atoms with Gasteiger partial charge in [0.15, 0.2) is 0 Å². The predicted molar refractivity (Wildman–Crippen MR) is 43.8 cm³/mol. The molecule has 2 N–H and O–H groups in total. The largest absolute Gasteiger partial charge is 0.481 e. The third-order valence-corrected chi connectivity index (χ3v) is 2.62. The number of hydrogen-bond donors (Lipinski definition) is 2. The maximum absolute atomic E-state index is 10.7. The van der Waals surface area contributed by atoms with Crippen LogP contribution in [0.4, 0.5) is 0 Å². The first-order valence-corrected chi connectivity index (χ1v) is 4.13. The van der Waals surface area contributed by atoms with E-state index < -0.39 is 18.0 Å². The van der Waals surface area contributed by atoms with Crippen LogP contribution in [-0.2, 0) is 4.79 Å². The Hall–Kier alpha value is -0.610. The average Bonchev–Trinajstić information content (AvgIpc) is 1.96. The van der Waals surface area contributed by atoms with Crippen LogP contribution in [0.1, 0.15) is 13.3 Å². The van der Waals surface area contributed by atoms with E-state index in [-0.39, 0.29) is 6.04 Å². The Kier molecular flexibility index (Phi) is 2.69. The minimum atomic E-state index is -0.812. The highest BCUT2D eigenvalue weighted by Gasteiger charge is 2.34. The van der Waals surface area contributed by atoms with Gasteiger partial charge in [-0.3, -0.25) is 4.79 Å². The smallest absolute Gasteiger partial charge is 0.308 e. The van der Waals surface area contributed by atoms with Gasteiger partial charge in [-0.1, -0.05) is 0 Å². The number of carboxylic acid groups (broad SMARTS) is 1. The molecule has 4 nitrogen and oxygen atoms in total. The fourth-order valence-electron chi connectivity index (χ4n) is 1.68. The Labute approximate surface area is 71.8 Å². The van der Waals surface area contributed by atoms with E-state index >= 15 is 0 Å². The van der Waals surface area contributed by atoms with Crippen molar-refractivity contribution in [1.82, 2.24) is 4.90 Å². The van der Waals surface area contributed by atoms with E-state index in [4.69, 9.17) is 5.11 Å². The van der Waals surface area contributed by atoms with Gasteiger partial charge in [-0.05, 0) is 20.4 Å². The molecule has 0 aromatic heterocycles. The Morgan fingerprint density at radius 2 is 2.17 bits per heavy atom. The monoisotopic (exact) mass is 173 g/mol. The lowest BCUT2D eigenvalue weighted by Crippen LogP contribution is -2.49. The molecule has 3 atom stereocenters. The highest BCUT2D eigenvalue weighted by Crippen LogP contribution is 2.22. The number of aliphatic hydroxyl groups is 1. The molecule has 0 aromatic carbocycles. The Morgan fingerprint density at radius 3 is 2.67 bits per heavy atom. The van der Waals surface area contributed by atoms with Gasteiger partial charge in [0.1, 0.15) is 0 Å². The maximum atomic E-state index is 10.7. The normalized spacial score (nSPS) is 38.1. The van der Waals surface area contributed by atoms with Gasteiger partial charge >= 0.3 is 5.97 Å². The van der Waals surface area contributed by atoms with Crippen LogP contribution in [0.25, 0.3) is 0 Å². The summed E-state index contributed by atoms with van der Waals surface area (Å²) in [6, 6.07) is 0.0194. The van der Waals surface area contributed by atoms with E-state index in [2.05, 4.69) is 0 Å². The Bertz CT molecular complexity index is 183. The fourth-order valence-corrected chi connectivity index (χ4v) is 1.68. The molecule has 0 amide bonds. The number of nitrogens with zero attached hydrogens (tertiary/aromatic N) is 1.